The van der Waals surface area contributed by atoms with E-state index in [9.17, 15) is 0 Å². The monoisotopic (exact) mass is 264 g/mol. The number of rotatable bonds is 5. The Hall–Kier alpha value is -1.40. The number of nitrogens with zero attached hydrogens (tertiary/aromatic N) is 2. The first kappa shape index (κ1) is 12.6. The van der Waals surface area contributed by atoms with Gasteiger partial charge in [-0.05, 0) is 26.2 Å². The highest BCUT2D eigenvalue weighted by Gasteiger charge is 2.40. The van der Waals surface area contributed by atoms with Gasteiger partial charge in [0.2, 0.25) is 0 Å². The fourth-order valence-corrected chi connectivity index (χ4v) is 2.83. The van der Waals surface area contributed by atoms with Gasteiger partial charge in [-0.1, -0.05) is 0 Å². The van der Waals surface area contributed by atoms with Crippen molar-refractivity contribution in [2.24, 2.45) is 0 Å². The second-order valence-corrected chi connectivity index (χ2v) is 5.09. The summed E-state index contributed by atoms with van der Waals surface area (Å²) in [6.45, 7) is 2.97. The number of anilines is 2. The molecule has 0 saturated carbocycles. The van der Waals surface area contributed by atoms with Crippen molar-refractivity contribution in [3.05, 3.63) is 11.9 Å². The standard InChI is InChI=1S/C13H20N4O2/c1-2-18-7-13-16-11(14)6-12(17-13)15-9-5-8-3-4-10(9)19-8/h6,8-10H,2-5,7H2,1H3,(H3,14,15,16,17). The van der Waals surface area contributed by atoms with E-state index in [0.29, 0.717) is 43.1 Å². The molecule has 2 aliphatic rings. The lowest BCUT2D eigenvalue weighted by Crippen LogP contribution is -2.31. The van der Waals surface area contributed by atoms with E-state index >= 15 is 0 Å². The Balaban J connectivity index is 1.68. The average molecular weight is 264 g/mol. The molecule has 0 spiro atoms. The van der Waals surface area contributed by atoms with Crippen molar-refractivity contribution in [3.8, 4) is 0 Å². The van der Waals surface area contributed by atoms with Crippen LogP contribution in [-0.2, 0) is 16.1 Å². The maximum absolute atomic E-state index is 5.82. The highest BCUT2D eigenvalue weighted by Crippen LogP contribution is 2.35. The third-order valence-electron chi connectivity index (χ3n) is 3.67. The molecule has 2 saturated heterocycles. The Morgan fingerprint density at radius 3 is 3.05 bits per heavy atom. The normalized spacial score (nSPS) is 28.8. The van der Waals surface area contributed by atoms with Gasteiger partial charge in [0, 0.05) is 12.7 Å². The largest absolute Gasteiger partial charge is 0.384 e. The van der Waals surface area contributed by atoms with Gasteiger partial charge in [0.1, 0.15) is 18.2 Å². The molecule has 0 radical (unpaired) electrons. The molecule has 2 bridgehead atoms. The number of hydrogen-bond acceptors (Lipinski definition) is 6. The van der Waals surface area contributed by atoms with Crippen LogP contribution in [0.4, 0.5) is 11.6 Å². The van der Waals surface area contributed by atoms with Crippen LogP contribution in [-0.4, -0.2) is 34.8 Å². The van der Waals surface area contributed by atoms with E-state index in [2.05, 4.69) is 15.3 Å². The number of aromatic nitrogens is 2. The quantitative estimate of drug-likeness (QED) is 0.835. The molecule has 6 heteroatoms. The lowest BCUT2D eigenvalue weighted by molar-refractivity contribution is 0.102. The fraction of sp³-hybridized carbons (Fsp3) is 0.692. The van der Waals surface area contributed by atoms with E-state index in [1.165, 1.54) is 6.42 Å². The van der Waals surface area contributed by atoms with Gasteiger partial charge in [0.25, 0.3) is 0 Å². The van der Waals surface area contributed by atoms with E-state index in [1.54, 1.807) is 6.07 Å². The summed E-state index contributed by atoms with van der Waals surface area (Å²) in [4.78, 5) is 8.60. The first-order valence-corrected chi connectivity index (χ1v) is 6.87. The van der Waals surface area contributed by atoms with Crippen LogP contribution in [0.5, 0.6) is 0 Å². The van der Waals surface area contributed by atoms with Crippen molar-refractivity contribution in [2.45, 2.75) is 51.0 Å². The maximum atomic E-state index is 5.82. The predicted molar refractivity (Wildman–Crippen MR) is 71.7 cm³/mol. The molecule has 0 amide bonds. The second kappa shape index (κ2) is 5.30. The zero-order valence-corrected chi connectivity index (χ0v) is 11.1. The van der Waals surface area contributed by atoms with Crippen LogP contribution in [0.3, 0.4) is 0 Å². The first-order valence-electron chi connectivity index (χ1n) is 6.87. The van der Waals surface area contributed by atoms with Crippen LogP contribution in [0.15, 0.2) is 6.07 Å². The van der Waals surface area contributed by atoms with Crippen molar-refractivity contribution in [3.63, 3.8) is 0 Å². The molecule has 1 aromatic rings. The number of hydrogen-bond donors (Lipinski definition) is 2. The Morgan fingerprint density at radius 1 is 1.47 bits per heavy atom. The molecule has 3 unspecified atom stereocenters. The molecular formula is C13H20N4O2. The molecule has 104 valence electrons. The molecule has 0 aromatic carbocycles. The summed E-state index contributed by atoms with van der Waals surface area (Å²) in [7, 11) is 0. The highest BCUT2D eigenvalue weighted by molar-refractivity contribution is 5.45. The minimum Gasteiger partial charge on any atom is -0.384 e. The molecule has 0 aliphatic carbocycles. The van der Waals surface area contributed by atoms with Crippen LogP contribution < -0.4 is 11.1 Å². The number of ether oxygens (including phenoxy) is 2. The number of fused-ring (bicyclic) bond motifs is 2. The van der Waals surface area contributed by atoms with Gasteiger partial charge in [-0.15, -0.1) is 0 Å². The summed E-state index contributed by atoms with van der Waals surface area (Å²) in [6, 6.07) is 2.11. The summed E-state index contributed by atoms with van der Waals surface area (Å²) in [5.41, 5.74) is 5.80. The van der Waals surface area contributed by atoms with Gasteiger partial charge >= 0.3 is 0 Å². The van der Waals surface area contributed by atoms with Crippen LogP contribution in [0.25, 0.3) is 0 Å². The van der Waals surface area contributed by atoms with E-state index < -0.39 is 0 Å². The van der Waals surface area contributed by atoms with E-state index in [0.717, 1.165) is 18.7 Å². The molecule has 6 nitrogen and oxygen atoms in total. The summed E-state index contributed by atoms with van der Waals surface area (Å²) >= 11 is 0. The molecule has 2 fully saturated rings. The van der Waals surface area contributed by atoms with Crippen molar-refractivity contribution in [2.75, 3.05) is 17.7 Å². The highest BCUT2D eigenvalue weighted by atomic mass is 16.5. The third kappa shape index (κ3) is 2.79. The lowest BCUT2D eigenvalue weighted by Gasteiger charge is -2.20. The maximum Gasteiger partial charge on any atom is 0.158 e. The predicted octanol–water partition coefficient (Wildman–Crippen LogP) is 1.33. The van der Waals surface area contributed by atoms with Gasteiger partial charge in [-0.2, -0.15) is 0 Å². The molecule has 3 rings (SSSR count). The minimum atomic E-state index is 0.316. The number of nitrogen functional groups attached to an aromatic ring is 1. The SMILES string of the molecule is CCOCc1nc(N)cc(NC2CC3CCC2O3)n1. The zero-order chi connectivity index (χ0) is 13.2. The van der Waals surface area contributed by atoms with E-state index in [4.69, 9.17) is 15.2 Å². The lowest BCUT2D eigenvalue weighted by atomic mass is 9.95. The van der Waals surface area contributed by atoms with Gasteiger partial charge in [-0.25, -0.2) is 9.97 Å². The Bertz CT molecular complexity index is 454. The summed E-state index contributed by atoms with van der Waals surface area (Å²) in [6.07, 6.45) is 4.11. The zero-order valence-electron chi connectivity index (χ0n) is 11.1. The molecule has 2 aliphatic heterocycles. The van der Waals surface area contributed by atoms with Crippen molar-refractivity contribution in [1.82, 2.24) is 9.97 Å². The first-order chi connectivity index (χ1) is 9.24. The van der Waals surface area contributed by atoms with Crippen molar-refractivity contribution >= 4 is 11.6 Å². The van der Waals surface area contributed by atoms with E-state index in [1.807, 2.05) is 6.92 Å². The Morgan fingerprint density at radius 2 is 2.37 bits per heavy atom. The van der Waals surface area contributed by atoms with Gasteiger partial charge in [0.05, 0.1) is 18.2 Å². The molecule has 3 atom stereocenters. The van der Waals surface area contributed by atoms with Crippen molar-refractivity contribution < 1.29 is 9.47 Å². The smallest absolute Gasteiger partial charge is 0.158 e. The van der Waals surface area contributed by atoms with Gasteiger partial charge < -0.3 is 20.5 Å². The number of nitrogens with two attached hydrogens (primary N) is 1. The van der Waals surface area contributed by atoms with Crippen LogP contribution >= 0.6 is 0 Å². The van der Waals surface area contributed by atoms with Crippen LogP contribution in [0.1, 0.15) is 32.0 Å². The molecule has 19 heavy (non-hydrogen) atoms. The van der Waals surface area contributed by atoms with E-state index in [-0.39, 0.29) is 0 Å². The third-order valence-corrected chi connectivity index (χ3v) is 3.67. The molecule has 3 heterocycles. The Labute approximate surface area is 112 Å². The van der Waals surface area contributed by atoms with Gasteiger partial charge in [-0.3, -0.25) is 0 Å². The molecular weight excluding hydrogens is 244 g/mol. The van der Waals surface area contributed by atoms with Crippen molar-refractivity contribution in [1.29, 1.82) is 0 Å². The topological polar surface area (TPSA) is 82.3 Å². The van der Waals surface area contributed by atoms with Gasteiger partial charge in [0.15, 0.2) is 5.82 Å². The minimum absolute atomic E-state index is 0.316. The second-order valence-electron chi connectivity index (χ2n) is 5.09. The van der Waals surface area contributed by atoms with Crippen LogP contribution in [0, 0.1) is 0 Å². The summed E-state index contributed by atoms with van der Waals surface area (Å²) in [5, 5.41) is 3.42. The summed E-state index contributed by atoms with van der Waals surface area (Å²) in [5.74, 6) is 1.85. The Kier molecular flexibility index (Phi) is 3.52. The fourth-order valence-electron chi connectivity index (χ4n) is 2.83. The average Bonchev–Trinajstić information content (AvgIpc) is 2.98. The van der Waals surface area contributed by atoms with Crippen LogP contribution in [0.2, 0.25) is 0 Å². The molecule has 1 aromatic heterocycles. The number of nitrogens with one attached hydrogen (secondary N) is 1. The molecule has 3 N–H and O–H groups in total. The summed E-state index contributed by atoms with van der Waals surface area (Å²) < 4.78 is 11.1.